The van der Waals surface area contributed by atoms with E-state index in [0.717, 1.165) is 34.1 Å². The van der Waals surface area contributed by atoms with Gasteiger partial charge in [-0.15, -0.1) is 0 Å². The predicted octanol–water partition coefficient (Wildman–Crippen LogP) is 2.35. The van der Waals surface area contributed by atoms with Gasteiger partial charge in [0.1, 0.15) is 12.4 Å². The van der Waals surface area contributed by atoms with Crippen LogP contribution in [0.25, 0.3) is 0 Å². The third-order valence-electron chi connectivity index (χ3n) is 3.18. The van der Waals surface area contributed by atoms with Gasteiger partial charge in [-0.1, -0.05) is 12.1 Å². The number of hydrogen-bond donors (Lipinski definition) is 0. The average Bonchev–Trinajstić information content (AvgIpc) is 2.44. The molecule has 0 aliphatic rings. The third kappa shape index (κ3) is 3.56. The van der Waals surface area contributed by atoms with Crippen molar-refractivity contribution in [2.24, 2.45) is 0 Å². The van der Waals surface area contributed by atoms with Crippen LogP contribution in [-0.4, -0.2) is 17.0 Å². The van der Waals surface area contributed by atoms with Crippen molar-refractivity contribution in [3.8, 4) is 0 Å². The summed E-state index contributed by atoms with van der Waals surface area (Å²) in [6.07, 6.45) is 1.05. The van der Waals surface area contributed by atoms with Crippen LogP contribution < -0.4 is 10.5 Å². The van der Waals surface area contributed by atoms with Gasteiger partial charge in [0.05, 0.1) is 0 Å². The molecule has 0 N–H and O–H groups in total. The van der Waals surface area contributed by atoms with Crippen LogP contribution in [-0.2, 0) is 11.3 Å². The highest BCUT2D eigenvalue weighted by molar-refractivity contribution is 5.93. The Bertz CT molecular complexity index is 709. The highest BCUT2D eigenvalue weighted by Gasteiger charge is 2.15. The minimum absolute atomic E-state index is 0.182. The maximum atomic E-state index is 13.2. The van der Waals surface area contributed by atoms with Crippen molar-refractivity contribution in [1.29, 1.82) is 0 Å². The first-order valence-electron chi connectivity index (χ1n) is 6.74. The van der Waals surface area contributed by atoms with Gasteiger partial charge in [0.15, 0.2) is 0 Å². The van der Waals surface area contributed by atoms with E-state index in [-0.39, 0.29) is 12.5 Å². The molecule has 0 aliphatic carbocycles. The minimum atomic E-state index is -0.541. The van der Waals surface area contributed by atoms with Gasteiger partial charge in [-0.3, -0.25) is 9.59 Å². The van der Waals surface area contributed by atoms with Crippen molar-refractivity contribution in [1.82, 2.24) is 4.57 Å². The first kappa shape index (κ1) is 15.0. The molecule has 4 nitrogen and oxygen atoms in total. The Morgan fingerprint density at radius 2 is 2.05 bits per heavy atom. The van der Waals surface area contributed by atoms with Crippen molar-refractivity contribution in [2.75, 3.05) is 11.4 Å². The summed E-state index contributed by atoms with van der Waals surface area (Å²) in [7, 11) is 0. The second-order valence-electron chi connectivity index (χ2n) is 4.79. The lowest BCUT2D eigenvalue weighted by molar-refractivity contribution is -0.119. The number of aromatic nitrogens is 1. The summed E-state index contributed by atoms with van der Waals surface area (Å²) in [5.41, 5.74) is 1.42. The van der Waals surface area contributed by atoms with E-state index in [2.05, 4.69) is 0 Å². The Morgan fingerprint density at radius 3 is 2.71 bits per heavy atom. The molecule has 0 spiro atoms. The van der Waals surface area contributed by atoms with E-state index in [1.807, 2.05) is 38.1 Å². The normalized spacial score (nSPS) is 10.4. The van der Waals surface area contributed by atoms with Crippen LogP contribution in [0.1, 0.15) is 12.5 Å². The van der Waals surface area contributed by atoms with Crippen LogP contribution in [0.2, 0.25) is 0 Å². The first-order valence-corrected chi connectivity index (χ1v) is 6.74. The number of aryl methyl sites for hydroxylation is 1. The number of amides is 1. The summed E-state index contributed by atoms with van der Waals surface area (Å²) in [5.74, 6) is -0.795. The fraction of sp³-hybridized carbons (Fsp3) is 0.250. The molecule has 0 atom stereocenters. The zero-order chi connectivity index (χ0) is 15.4. The Balaban J connectivity index is 2.25. The first-order chi connectivity index (χ1) is 10.0. The lowest BCUT2D eigenvalue weighted by Gasteiger charge is -2.22. The van der Waals surface area contributed by atoms with E-state index in [1.165, 1.54) is 0 Å². The molecule has 0 fully saturated rings. The van der Waals surface area contributed by atoms with Crippen LogP contribution in [0, 0.1) is 12.7 Å². The Labute approximate surface area is 122 Å². The van der Waals surface area contributed by atoms with E-state index < -0.39 is 11.4 Å². The molecule has 0 radical (unpaired) electrons. The smallest absolute Gasteiger partial charge is 0.251 e. The number of pyridine rings is 1. The number of nitrogens with zero attached hydrogens (tertiary/aromatic N) is 2. The fourth-order valence-corrected chi connectivity index (χ4v) is 2.16. The van der Waals surface area contributed by atoms with Crippen LogP contribution >= 0.6 is 0 Å². The number of carbonyl (C=O) groups excluding carboxylic acids is 1. The van der Waals surface area contributed by atoms with Crippen LogP contribution in [0.3, 0.4) is 0 Å². The molecule has 0 bridgehead atoms. The number of benzene rings is 1. The van der Waals surface area contributed by atoms with E-state index in [9.17, 15) is 14.0 Å². The van der Waals surface area contributed by atoms with Crippen LogP contribution in [0.5, 0.6) is 0 Å². The molecule has 0 saturated carbocycles. The van der Waals surface area contributed by atoms with Gasteiger partial charge in [-0.2, -0.15) is 0 Å². The molecule has 1 heterocycles. The fourth-order valence-electron chi connectivity index (χ4n) is 2.16. The van der Waals surface area contributed by atoms with E-state index in [4.69, 9.17) is 0 Å². The lowest BCUT2D eigenvalue weighted by Crippen LogP contribution is -2.36. The van der Waals surface area contributed by atoms with Crippen molar-refractivity contribution >= 4 is 11.6 Å². The Hall–Kier alpha value is -2.43. The molecule has 0 saturated heterocycles. The second-order valence-corrected chi connectivity index (χ2v) is 4.79. The molecule has 21 heavy (non-hydrogen) atoms. The molecule has 110 valence electrons. The van der Waals surface area contributed by atoms with Gasteiger partial charge in [0.2, 0.25) is 5.91 Å². The highest BCUT2D eigenvalue weighted by atomic mass is 19.1. The summed E-state index contributed by atoms with van der Waals surface area (Å²) in [4.78, 5) is 25.6. The molecule has 1 aromatic carbocycles. The van der Waals surface area contributed by atoms with Gasteiger partial charge >= 0.3 is 0 Å². The van der Waals surface area contributed by atoms with Crippen LogP contribution in [0.15, 0.2) is 47.4 Å². The van der Waals surface area contributed by atoms with Crippen molar-refractivity contribution in [3.63, 3.8) is 0 Å². The van der Waals surface area contributed by atoms with Gasteiger partial charge in [-0.25, -0.2) is 4.39 Å². The molecule has 1 aromatic heterocycles. The molecule has 0 aliphatic heterocycles. The Morgan fingerprint density at radius 1 is 1.29 bits per heavy atom. The molecular formula is C16H17FN2O2. The molecule has 5 heteroatoms. The second kappa shape index (κ2) is 6.35. The maximum Gasteiger partial charge on any atom is 0.251 e. The Kier molecular flexibility index (Phi) is 4.52. The number of rotatable bonds is 4. The summed E-state index contributed by atoms with van der Waals surface area (Å²) in [5, 5.41) is 0. The average molecular weight is 288 g/mol. The van der Waals surface area contributed by atoms with Gasteiger partial charge in [-0.05, 0) is 37.6 Å². The van der Waals surface area contributed by atoms with Crippen molar-refractivity contribution in [3.05, 3.63) is 64.3 Å². The number of hydrogen-bond acceptors (Lipinski definition) is 2. The number of halogens is 1. The summed E-state index contributed by atoms with van der Waals surface area (Å²) < 4.78 is 14.3. The summed E-state index contributed by atoms with van der Waals surface area (Å²) in [6, 6.07) is 9.75. The van der Waals surface area contributed by atoms with E-state index in [1.54, 1.807) is 4.90 Å². The van der Waals surface area contributed by atoms with Gasteiger partial charge in [0.25, 0.3) is 5.56 Å². The molecular weight excluding hydrogens is 271 g/mol. The number of likely N-dealkylation sites (N-methyl/N-ethyl adjacent to an activating group) is 1. The van der Waals surface area contributed by atoms with Crippen LogP contribution in [0.4, 0.5) is 10.1 Å². The zero-order valence-electron chi connectivity index (χ0n) is 12.0. The monoisotopic (exact) mass is 288 g/mol. The maximum absolute atomic E-state index is 13.2. The molecule has 2 rings (SSSR count). The molecule has 2 aromatic rings. The van der Waals surface area contributed by atoms with E-state index >= 15 is 0 Å². The van der Waals surface area contributed by atoms with Gasteiger partial charge < -0.3 is 9.47 Å². The third-order valence-corrected chi connectivity index (χ3v) is 3.18. The largest absolute Gasteiger partial charge is 0.311 e. The number of anilines is 1. The van der Waals surface area contributed by atoms with Gasteiger partial charge in [0, 0.05) is 24.5 Å². The van der Waals surface area contributed by atoms with Crippen molar-refractivity contribution in [2.45, 2.75) is 20.4 Å². The quantitative estimate of drug-likeness (QED) is 0.866. The molecule has 0 unspecified atom stereocenters. The minimum Gasteiger partial charge on any atom is -0.311 e. The highest BCUT2D eigenvalue weighted by Crippen LogP contribution is 2.16. The number of carbonyl (C=O) groups is 1. The SMILES string of the molecule is CCN(C(=O)Cn1cc(F)ccc1=O)c1cccc(C)c1. The summed E-state index contributed by atoms with van der Waals surface area (Å²) >= 11 is 0. The van der Waals surface area contributed by atoms with Crippen molar-refractivity contribution < 1.29 is 9.18 Å². The van der Waals surface area contributed by atoms with E-state index in [0.29, 0.717) is 6.54 Å². The predicted molar refractivity (Wildman–Crippen MR) is 79.9 cm³/mol. The lowest BCUT2D eigenvalue weighted by atomic mass is 10.2. The zero-order valence-corrected chi connectivity index (χ0v) is 12.0. The summed E-state index contributed by atoms with van der Waals surface area (Å²) in [6.45, 7) is 4.10. The molecule has 1 amide bonds. The topological polar surface area (TPSA) is 42.3 Å². The standard InChI is InChI=1S/C16H17FN2O2/c1-3-19(14-6-4-5-12(2)9-14)16(21)11-18-10-13(17)7-8-15(18)20/h4-10H,3,11H2,1-2H3.